The number of methoxy groups -OCH3 is 2. The summed E-state index contributed by atoms with van der Waals surface area (Å²) in [4.78, 5) is 24.8. The number of hydrogen-bond acceptors (Lipinski definition) is 7. The number of benzene rings is 1. The number of carbonyl (C=O) groups excluding carboxylic acids is 1. The number of esters is 1. The first-order chi connectivity index (χ1) is 11.0. The van der Waals surface area contributed by atoms with E-state index in [0.29, 0.717) is 12.2 Å². The highest BCUT2D eigenvalue weighted by Crippen LogP contribution is 2.33. The number of rotatable bonds is 2. The molecule has 1 aliphatic heterocycles. The molecule has 122 valence electrons. The molecule has 23 heavy (non-hydrogen) atoms. The van der Waals surface area contributed by atoms with Crippen molar-refractivity contribution in [1.82, 2.24) is 0 Å². The van der Waals surface area contributed by atoms with Crippen LogP contribution in [0.1, 0.15) is 34.9 Å². The quantitative estimate of drug-likeness (QED) is 0.844. The Kier molecular flexibility index (Phi) is 3.83. The summed E-state index contributed by atoms with van der Waals surface area (Å²) in [5.41, 5.74) is -0.139. The van der Waals surface area contributed by atoms with Gasteiger partial charge in [0.2, 0.25) is 5.43 Å². The van der Waals surface area contributed by atoms with E-state index in [4.69, 9.17) is 13.9 Å². The van der Waals surface area contributed by atoms with Crippen molar-refractivity contribution >= 4 is 16.9 Å². The van der Waals surface area contributed by atoms with Crippen LogP contribution in [0, 0.1) is 0 Å². The highest BCUT2D eigenvalue weighted by Gasteiger charge is 2.32. The van der Waals surface area contributed by atoms with Crippen LogP contribution in [0.4, 0.5) is 0 Å². The third-order valence-electron chi connectivity index (χ3n) is 3.78. The van der Waals surface area contributed by atoms with Gasteiger partial charge in [-0.1, -0.05) is 0 Å². The molecule has 1 aromatic carbocycles. The van der Waals surface area contributed by atoms with Crippen LogP contribution in [0.25, 0.3) is 11.0 Å². The lowest BCUT2D eigenvalue weighted by Gasteiger charge is -2.28. The summed E-state index contributed by atoms with van der Waals surface area (Å²) in [5, 5.41) is 9.82. The molecule has 2 aromatic rings. The molecule has 2 atom stereocenters. The molecule has 0 unspecified atom stereocenters. The van der Waals surface area contributed by atoms with Crippen molar-refractivity contribution in [1.29, 1.82) is 0 Å². The average Bonchev–Trinajstić information content (AvgIpc) is 2.51. The van der Waals surface area contributed by atoms with Crippen LogP contribution in [0.3, 0.4) is 0 Å². The smallest absolute Gasteiger partial charge is 0.338 e. The molecule has 0 saturated carbocycles. The molecule has 1 aliphatic rings. The molecule has 1 N–H and O–H groups in total. The lowest BCUT2D eigenvalue weighted by molar-refractivity contribution is -0.166. The molecule has 3 rings (SSSR count). The highest BCUT2D eigenvalue weighted by atomic mass is 16.7. The zero-order chi connectivity index (χ0) is 16.7. The second-order valence-electron chi connectivity index (χ2n) is 5.34. The Morgan fingerprint density at radius 2 is 2.09 bits per heavy atom. The largest absolute Gasteiger partial charge is 0.508 e. The van der Waals surface area contributed by atoms with Gasteiger partial charge in [-0.15, -0.1) is 0 Å². The van der Waals surface area contributed by atoms with Crippen LogP contribution in [0.2, 0.25) is 0 Å². The van der Waals surface area contributed by atoms with Gasteiger partial charge in [-0.3, -0.25) is 4.79 Å². The van der Waals surface area contributed by atoms with Crippen molar-refractivity contribution in [2.75, 3.05) is 14.2 Å². The number of phenols is 1. The van der Waals surface area contributed by atoms with Gasteiger partial charge >= 0.3 is 5.97 Å². The van der Waals surface area contributed by atoms with E-state index < -0.39 is 17.7 Å². The summed E-state index contributed by atoms with van der Waals surface area (Å²) >= 11 is 0. The van der Waals surface area contributed by atoms with Gasteiger partial charge in [0.1, 0.15) is 17.1 Å². The Morgan fingerprint density at radius 1 is 1.35 bits per heavy atom. The SMILES string of the molecule is COC(=O)c1cc(O)cc2oc3c(c(=O)c12)[C@H](OC)O[C@@H](C)C3. The molecular formula is C16H16O7. The minimum absolute atomic E-state index is 0.0357. The van der Waals surface area contributed by atoms with Gasteiger partial charge in [0, 0.05) is 19.6 Å². The van der Waals surface area contributed by atoms with Crippen molar-refractivity contribution in [3.63, 3.8) is 0 Å². The maximum absolute atomic E-state index is 12.9. The van der Waals surface area contributed by atoms with Crippen LogP contribution in [-0.4, -0.2) is 31.4 Å². The first-order valence-electron chi connectivity index (χ1n) is 7.05. The molecule has 1 aromatic heterocycles. The van der Waals surface area contributed by atoms with Gasteiger partial charge in [0.25, 0.3) is 0 Å². The molecule has 0 radical (unpaired) electrons. The lowest BCUT2D eigenvalue weighted by atomic mass is 10.0. The molecule has 0 spiro atoms. The number of fused-ring (bicyclic) bond motifs is 2. The monoisotopic (exact) mass is 320 g/mol. The number of hydrogen-bond donors (Lipinski definition) is 1. The van der Waals surface area contributed by atoms with Crippen LogP contribution in [-0.2, 0) is 20.6 Å². The van der Waals surface area contributed by atoms with Crippen LogP contribution in [0.15, 0.2) is 21.3 Å². The van der Waals surface area contributed by atoms with Crippen LogP contribution in [0.5, 0.6) is 5.75 Å². The maximum atomic E-state index is 12.9. The third-order valence-corrected chi connectivity index (χ3v) is 3.78. The molecule has 2 heterocycles. The van der Waals surface area contributed by atoms with Gasteiger partial charge in [0.05, 0.1) is 29.7 Å². The summed E-state index contributed by atoms with van der Waals surface area (Å²) in [6.45, 7) is 1.83. The molecule has 7 nitrogen and oxygen atoms in total. The Bertz CT molecular complexity index is 836. The van der Waals surface area contributed by atoms with Crippen molar-refractivity contribution in [3.8, 4) is 5.75 Å². The second-order valence-corrected chi connectivity index (χ2v) is 5.34. The lowest BCUT2D eigenvalue weighted by Crippen LogP contribution is -2.30. The van der Waals surface area contributed by atoms with E-state index >= 15 is 0 Å². The first kappa shape index (κ1) is 15.5. The molecule has 0 bridgehead atoms. The number of aromatic hydroxyl groups is 1. The molecule has 0 amide bonds. The average molecular weight is 320 g/mol. The summed E-state index contributed by atoms with van der Waals surface area (Å²) in [5.74, 6) is -0.504. The fraction of sp³-hybridized carbons (Fsp3) is 0.375. The Hall–Kier alpha value is -2.38. The second kappa shape index (κ2) is 5.68. The molecule has 0 aliphatic carbocycles. The fourth-order valence-electron chi connectivity index (χ4n) is 2.79. The summed E-state index contributed by atoms with van der Waals surface area (Å²) in [6.07, 6.45) is -0.664. The van der Waals surface area contributed by atoms with Crippen molar-refractivity contribution < 1.29 is 28.5 Å². The van der Waals surface area contributed by atoms with E-state index in [2.05, 4.69) is 4.74 Å². The van der Waals surface area contributed by atoms with E-state index in [1.165, 1.54) is 26.4 Å². The van der Waals surface area contributed by atoms with Gasteiger partial charge in [-0.05, 0) is 13.0 Å². The minimum Gasteiger partial charge on any atom is -0.508 e. The van der Waals surface area contributed by atoms with Crippen molar-refractivity contribution in [2.24, 2.45) is 0 Å². The Balaban J connectivity index is 2.38. The zero-order valence-electron chi connectivity index (χ0n) is 12.9. The van der Waals surface area contributed by atoms with E-state index in [9.17, 15) is 14.7 Å². The maximum Gasteiger partial charge on any atom is 0.338 e. The molecule has 7 heteroatoms. The van der Waals surface area contributed by atoms with E-state index in [1.807, 2.05) is 6.92 Å². The topological polar surface area (TPSA) is 95.2 Å². The van der Waals surface area contributed by atoms with E-state index in [-0.39, 0.29) is 33.9 Å². The normalized spacial score (nSPS) is 20.3. The standard InChI is InChI=1S/C16H16O7/c1-7-4-10-13(16(21-3)22-7)14(18)12-9(15(19)20-2)5-8(17)6-11(12)23-10/h5-7,16-17H,4H2,1-3H3/t7-,16+/m0/s1. The van der Waals surface area contributed by atoms with E-state index in [0.717, 1.165) is 0 Å². The Labute approximate surface area is 131 Å². The fourth-order valence-corrected chi connectivity index (χ4v) is 2.79. The minimum atomic E-state index is -0.867. The molecule has 0 saturated heterocycles. The summed E-state index contributed by atoms with van der Waals surface area (Å²) in [7, 11) is 2.62. The van der Waals surface area contributed by atoms with Gasteiger partial charge in [-0.2, -0.15) is 0 Å². The summed E-state index contributed by atoms with van der Waals surface area (Å²) < 4.78 is 21.2. The predicted octanol–water partition coefficient (Wildman–Crippen LogP) is 1.89. The van der Waals surface area contributed by atoms with Crippen molar-refractivity contribution in [2.45, 2.75) is 25.7 Å². The van der Waals surface area contributed by atoms with Crippen molar-refractivity contribution in [3.05, 3.63) is 39.2 Å². The number of ether oxygens (including phenoxy) is 3. The number of phenolic OH excluding ortho intramolecular Hbond substituents is 1. The van der Waals surface area contributed by atoms with Gasteiger partial charge < -0.3 is 23.7 Å². The van der Waals surface area contributed by atoms with Gasteiger partial charge in [0.15, 0.2) is 6.29 Å². The number of carbonyl (C=O) groups is 1. The van der Waals surface area contributed by atoms with Crippen LogP contribution < -0.4 is 5.43 Å². The van der Waals surface area contributed by atoms with Gasteiger partial charge in [-0.25, -0.2) is 4.79 Å². The van der Waals surface area contributed by atoms with E-state index in [1.54, 1.807) is 0 Å². The first-order valence-corrected chi connectivity index (χ1v) is 7.05. The molecular weight excluding hydrogens is 304 g/mol. The third kappa shape index (κ3) is 2.47. The highest BCUT2D eigenvalue weighted by molar-refractivity contribution is 6.03. The predicted molar refractivity (Wildman–Crippen MR) is 79.5 cm³/mol. The Morgan fingerprint density at radius 3 is 2.74 bits per heavy atom. The van der Waals surface area contributed by atoms with Crippen LogP contribution >= 0.6 is 0 Å². The molecule has 0 fully saturated rings. The summed E-state index contributed by atoms with van der Waals surface area (Å²) in [6, 6.07) is 2.47. The zero-order valence-corrected chi connectivity index (χ0v) is 12.9.